The normalized spacial score (nSPS) is 17.2. The number of aromatic amines is 1. The van der Waals surface area contributed by atoms with E-state index in [1.165, 1.54) is 0 Å². The zero-order valence-corrected chi connectivity index (χ0v) is 14.9. The fourth-order valence-electron chi connectivity index (χ4n) is 3.69. The van der Waals surface area contributed by atoms with Crippen LogP contribution in [-0.2, 0) is 4.79 Å². The number of fused-ring (bicyclic) bond motifs is 1. The lowest BCUT2D eigenvalue weighted by atomic mass is 9.81. The Hall–Kier alpha value is -3.01. The topological polar surface area (TPSA) is 51.3 Å². The van der Waals surface area contributed by atoms with Gasteiger partial charge in [0.15, 0.2) is 17.3 Å². The molecule has 1 atom stereocenters. The van der Waals surface area contributed by atoms with Crippen molar-refractivity contribution < 1.29 is 14.3 Å². The maximum absolute atomic E-state index is 12.4. The van der Waals surface area contributed by atoms with Gasteiger partial charge >= 0.3 is 0 Å². The van der Waals surface area contributed by atoms with Crippen molar-refractivity contribution in [2.24, 2.45) is 0 Å². The van der Waals surface area contributed by atoms with E-state index >= 15 is 0 Å². The van der Waals surface area contributed by atoms with Crippen LogP contribution in [0.1, 0.15) is 29.9 Å². The van der Waals surface area contributed by atoms with Crippen molar-refractivity contribution in [3.8, 4) is 11.5 Å². The Bertz CT molecular complexity index is 1000. The number of rotatable bonds is 4. The maximum Gasteiger partial charge on any atom is 0.160 e. The van der Waals surface area contributed by atoms with Crippen molar-refractivity contribution >= 4 is 22.3 Å². The van der Waals surface area contributed by atoms with Gasteiger partial charge in [-0.15, -0.1) is 0 Å². The van der Waals surface area contributed by atoms with Gasteiger partial charge in [-0.1, -0.05) is 12.1 Å². The summed E-state index contributed by atoms with van der Waals surface area (Å²) in [7, 11) is 3.25. The maximum atomic E-state index is 12.4. The number of hydrogen-bond donors (Lipinski definition) is 1. The fraction of sp³-hybridized carbons (Fsp3) is 0.227. The highest BCUT2D eigenvalue weighted by atomic mass is 16.5. The van der Waals surface area contributed by atoms with E-state index in [-0.39, 0.29) is 11.7 Å². The van der Waals surface area contributed by atoms with Crippen molar-refractivity contribution in [2.45, 2.75) is 18.8 Å². The molecule has 0 saturated heterocycles. The number of benzene rings is 2. The molecule has 4 nitrogen and oxygen atoms in total. The molecule has 1 aliphatic rings. The molecule has 0 spiro atoms. The standard InChI is InChI=1S/C22H21NO3/c1-25-21-6-4-15(13-22(21)26-2)18-10-17(11-19(24)12-18)14-3-5-20-16(9-14)7-8-23-20/h3-9,11,13,18,23H,10,12H2,1-2H3/t18-/m1/s1. The molecule has 1 aromatic heterocycles. The van der Waals surface area contributed by atoms with E-state index < -0.39 is 0 Å². The van der Waals surface area contributed by atoms with E-state index in [9.17, 15) is 4.79 Å². The predicted octanol–water partition coefficient (Wildman–Crippen LogP) is 4.72. The summed E-state index contributed by atoms with van der Waals surface area (Å²) >= 11 is 0. The van der Waals surface area contributed by atoms with Crippen LogP contribution >= 0.6 is 0 Å². The SMILES string of the molecule is COc1ccc([C@H]2CC(=O)C=C(c3ccc4[nH]ccc4c3)C2)cc1OC. The summed E-state index contributed by atoms with van der Waals surface area (Å²) in [5, 5.41) is 1.16. The van der Waals surface area contributed by atoms with Crippen molar-refractivity contribution in [1.29, 1.82) is 0 Å². The second-order valence-corrected chi connectivity index (χ2v) is 6.64. The van der Waals surface area contributed by atoms with Crippen LogP contribution in [0.2, 0.25) is 0 Å². The molecule has 0 saturated carbocycles. The monoisotopic (exact) mass is 347 g/mol. The predicted molar refractivity (Wildman–Crippen MR) is 103 cm³/mol. The van der Waals surface area contributed by atoms with Crippen molar-refractivity contribution in [1.82, 2.24) is 4.98 Å². The molecule has 26 heavy (non-hydrogen) atoms. The first-order chi connectivity index (χ1) is 12.7. The van der Waals surface area contributed by atoms with Crippen molar-refractivity contribution in [2.75, 3.05) is 14.2 Å². The Kier molecular flexibility index (Phi) is 4.25. The summed E-state index contributed by atoms with van der Waals surface area (Å²) in [6, 6.07) is 14.2. The molecule has 132 valence electrons. The van der Waals surface area contributed by atoms with E-state index in [0.29, 0.717) is 17.9 Å². The van der Waals surface area contributed by atoms with Crippen LogP contribution < -0.4 is 9.47 Å². The quantitative estimate of drug-likeness (QED) is 0.743. The second kappa shape index (κ2) is 6.71. The number of ether oxygens (including phenoxy) is 2. The minimum absolute atomic E-state index is 0.143. The molecular formula is C22H21NO3. The zero-order valence-electron chi connectivity index (χ0n) is 14.9. The minimum Gasteiger partial charge on any atom is -0.493 e. The first-order valence-electron chi connectivity index (χ1n) is 8.71. The lowest BCUT2D eigenvalue weighted by Gasteiger charge is -2.23. The summed E-state index contributed by atoms with van der Waals surface area (Å²) in [5.41, 5.74) is 4.40. The van der Waals surface area contributed by atoms with Crippen molar-refractivity contribution in [3.05, 3.63) is 65.9 Å². The molecule has 0 bridgehead atoms. The Morgan fingerprint density at radius 2 is 1.81 bits per heavy atom. The largest absolute Gasteiger partial charge is 0.493 e. The molecule has 1 N–H and O–H groups in total. The Labute approximate surface area is 152 Å². The lowest BCUT2D eigenvalue weighted by Crippen LogP contribution is -2.12. The van der Waals surface area contributed by atoms with Gasteiger partial charge < -0.3 is 14.5 Å². The van der Waals surface area contributed by atoms with E-state index in [0.717, 1.165) is 34.0 Å². The number of ketones is 1. The average Bonchev–Trinajstić information content (AvgIpc) is 3.14. The molecule has 0 unspecified atom stereocenters. The summed E-state index contributed by atoms with van der Waals surface area (Å²) in [5.74, 6) is 1.71. The first-order valence-corrected chi connectivity index (χ1v) is 8.71. The van der Waals surface area contributed by atoms with Crippen LogP contribution in [0.5, 0.6) is 11.5 Å². The van der Waals surface area contributed by atoms with E-state index in [2.05, 4.69) is 29.2 Å². The van der Waals surface area contributed by atoms with Gasteiger partial charge in [-0.2, -0.15) is 0 Å². The summed E-state index contributed by atoms with van der Waals surface area (Å²) < 4.78 is 10.7. The average molecular weight is 347 g/mol. The van der Waals surface area contributed by atoms with Crippen LogP contribution in [0.3, 0.4) is 0 Å². The number of aromatic nitrogens is 1. The van der Waals surface area contributed by atoms with E-state index in [1.54, 1.807) is 20.3 Å². The highest BCUT2D eigenvalue weighted by molar-refractivity contribution is 6.00. The van der Waals surface area contributed by atoms with E-state index in [4.69, 9.17) is 9.47 Å². The molecule has 0 amide bonds. The summed E-state index contributed by atoms with van der Waals surface area (Å²) in [6.07, 6.45) is 5.08. The van der Waals surface area contributed by atoms with Gasteiger partial charge in [0.1, 0.15) is 0 Å². The molecule has 0 radical (unpaired) electrons. The summed E-state index contributed by atoms with van der Waals surface area (Å²) in [4.78, 5) is 15.6. The van der Waals surface area contributed by atoms with Gasteiger partial charge in [0.2, 0.25) is 0 Å². The molecule has 4 rings (SSSR count). The third-order valence-corrected chi connectivity index (χ3v) is 5.05. The first kappa shape index (κ1) is 16.5. The Morgan fingerprint density at radius 1 is 0.962 bits per heavy atom. The van der Waals surface area contributed by atoms with Gasteiger partial charge in [0.05, 0.1) is 14.2 Å². The van der Waals surface area contributed by atoms with Crippen LogP contribution in [0, 0.1) is 0 Å². The number of methoxy groups -OCH3 is 2. The third-order valence-electron chi connectivity index (χ3n) is 5.05. The zero-order chi connectivity index (χ0) is 18.1. The highest BCUT2D eigenvalue weighted by Crippen LogP contribution is 2.39. The van der Waals surface area contributed by atoms with Gasteiger partial charge in [-0.05, 0) is 70.8 Å². The molecule has 1 heterocycles. The fourth-order valence-corrected chi connectivity index (χ4v) is 3.69. The van der Waals surface area contributed by atoms with Crippen LogP contribution in [-0.4, -0.2) is 25.0 Å². The van der Waals surface area contributed by atoms with Crippen LogP contribution in [0.25, 0.3) is 16.5 Å². The van der Waals surface area contributed by atoms with E-state index in [1.807, 2.05) is 24.4 Å². The molecule has 2 aromatic carbocycles. The number of hydrogen-bond acceptors (Lipinski definition) is 3. The molecule has 0 fully saturated rings. The molecule has 1 aliphatic carbocycles. The molecule has 0 aliphatic heterocycles. The molecule has 3 aromatic rings. The third kappa shape index (κ3) is 2.99. The lowest BCUT2D eigenvalue weighted by molar-refractivity contribution is -0.115. The summed E-state index contributed by atoms with van der Waals surface area (Å²) in [6.45, 7) is 0. The van der Waals surface area contributed by atoms with Crippen molar-refractivity contribution in [3.63, 3.8) is 0 Å². The Morgan fingerprint density at radius 3 is 2.62 bits per heavy atom. The van der Waals surface area contributed by atoms with Gasteiger partial charge in [0.25, 0.3) is 0 Å². The van der Waals surface area contributed by atoms with Crippen LogP contribution in [0.15, 0.2) is 54.7 Å². The number of carbonyl (C=O) groups is 1. The van der Waals surface area contributed by atoms with Gasteiger partial charge in [-0.25, -0.2) is 0 Å². The molecule has 4 heteroatoms. The van der Waals surface area contributed by atoms with Gasteiger partial charge in [-0.3, -0.25) is 4.79 Å². The number of H-pyrrole nitrogens is 1. The second-order valence-electron chi connectivity index (χ2n) is 6.64. The number of allylic oxidation sites excluding steroid dienone is 2. The smallest absolute Gasteiger partial charge is 0.160 e. The molecular weight excluding hydrogens is 326 g/mol. The Balaban J connectivity index is 1.66. The number of carbonyl (C=O) groups excluding carboxylic acids is 1. The minimum atomic E-state index is 0.143. The van der Waals surface area contributed by atoms with Gasteiger partial charge in [0, 0.05) is 18.1 Å². The number of nitrogens with one attached hydrogen (secondary N) is 1. The van der Waals surface area contributed by atoms with Crippen LogP contribution in [0.4, 0.5) is 0 Å². The highest BCUT2D eigenvalue weighted by Gasteiger charge is 2.24.